The van der Waals surface area contributed by atoms with Crippen molar-refractivity contribution in [3.8, 4) is 0 Å². The highest BCUT2D eigenvalue weighted by Gasteiger charge is 2.29. The van der Waals surface area contributed by atoms with Crippen LogP contribution in [0.1, 0.15) is 26.2 Å². The highest BCUT2D eigenvalue weighted by atomic mass is 79.9. The molecule has 0 aromatic carbocycles. The molecule has 0 saturated carbocycles. The first-order valence-electron chi connectivity index (χ1n) is 3.10. The van der Waals surface area contributed by atoms with E-state index in [0.29, 0.717) is 0 Å². The Morgan fingerprint density at radius 3 is 2.75 bits per heavy atom. The summed E-state index contributed by atoms with van der Waals surface area (Å²) in [5.41, 5.74) is 0. The Morgan fingerprint density at radius 1 is 1.75 bits per heavy atom. The van der Waals surface area contributed by atoms with Gasteiger partial charge in [0.15, 0.2) is 0 Å². The number of rotatable bonds is 1. The van der Waals surface area contributed by atoms with Crippen LogP contribution in [-0.4, -0.2) is 11.1 Å². The van der Waals surface area contributed by atoms with E-state index in [1.54, 1.807) is 0 Å². The molecule has 0 bridgehead atoms. The smallest absolute Gasteiger partial charge is 0.122 e. The minimum atomic E-state index is 0.0486. The van der Waals surface area contributed by atoms with Crippen LogP contribution >= 0.6 is 15.9 Å². The Kier molecular flexibility index (Phi) is 1.93. The molecule has 0 aromatic heterocycles. The molecule has 1 atom stereocenters. The molecule has 1 fully saturated rings. The van der Waals surface area contributed by atoms with Crippen LogP contribution in [0.5, 0.6) is 0 Å². The molecule has 0 aromatic rings. The van der Waals surface area contributed by atoms with Gasteiger partial charge in [0, 0.05) is 6.61 Å². The lowest BCUT2D eigenvalue weighted by atomic mass is 10.2. The van der Waals surface area contributed by atoms with Crippen LogP contribution in [0.2, 0.25) is 0 Å². The highest BCUT2D eigenvalue weighted by molar-refractivity contribution is 9.10. The summed E-state index contributed by atoms with van der Waals surface area (Å²) in [6.07, 6.45) is 3.45. The van der Waals surface area contributed by atoms with Crippen molar-refractivity contribution in [2.45, 2.75) is 30.7 Å². The minimum absolute atomic E-state index is 0.0486. The van der Waals surface area contributed by atoms with Crippen LogP contribution in [0.15, 0.2) is 0 Å². The van der Waals surface area contributed by atoms with E-state index in [2.05, 4.69) is 22.9 Å². The molecule has 1 saturated heterocycles. The molecular formula is C6H11BrO. The summed E-state index contributed by atoms with van der Waals surface area (Å²) in [7, 11) is 0. The van der Waals surface area contributed by atoms with E-state index in [1.807, 2.05) is 0 Å². The number of hydrogen-bond acceptors (Lipinski definition) is 1. The first kappa shape index (κ1) is 6.56. The van der Waals surface area contributed by atoms with Crippen molar-refractivity contribution < 1.29 is 4.74 Å². The van der Waals surface area contributed by atoms with Gasteiger partial charge in [-0.1, -0.05) is 22.9 Å². The maximum Gasteiger partial charge on any atom is 0.122 e. The summed E-state index contributed by atoms with van der Waals surface area (Å²) in [6, 6.07) is 0. The molecule has 48 valence electrons. The van der Waals surface area contributed by atoms with Crippen molar-refractivity contribution >= 4 is 15.9 Å². The van der Waals surface area contributed by atoms with E-state index < -0.39 is 0 Å². The van der Waals surface area contributed by atoms with Crippen molar-refractivity contribution in [2.24, 2.45) is 0 Å². The number of halogens is 1. The third kappa shape index (κ3) is 1.23. The van der Waals surface area contributed by atoms with Gasteiger partial charge < -0.3 is 4.74 Å². The molecule has 1 aliphatic heterocycles. The fourth-order valence-corrected chi connectivity index (χ4v) is 1.38. The summed E-state index contributed by atoms with van der Waals surface area (Å²) in [4.78, 5) is 0. The standard InChI is InChI=1S/C6H11BrO/c1-2-6(7)4-3-5-8-6/h2-5H2,1H3. The summed E-state index contributed by atoms with van der Waals surface area (Å²) in [5, 5.41) is 0. The van der Waals surface area contributed by atoms with Gasteiger partial charge in [-0.15, -0.1) is 0 Å². The minimum Gasteiger partial charge on any atom is -0.364 e. The first-order valence-corrected chi connectivity index (χ1v) is 3.89. The fourth-order valence-electron chi connectivity index (χ4n) is 0.942. The van der Waals surface area contributed by atoms with Crippen molar-refractivity contribution in [3.63, 3.8) is 0 Å². The van der Waals surface area contributed by atoms with Gasteiger partial charge in [-0.05, 0) is 19.3 Å². The average molecular weight is 179 g/mol. The molecule has 1 aliphatic rings. The summed E-state index contributed by atoms with van der Waals surface area (Å²) in [6.45, 7) is 3.07. The Labute approximate surface area is 58.5 Å². The van der Waals surface area contributed by atoms with Gasteiger partial charge in [-0.25, -0.2) is 0 Å². The van der Waals surface area contributed by atoms with Gasteiger partial charge in [-0.2, -0.15) is 0 Å². The zero-order valence-electron chi connectivity index (χ0n) is 5.11. The normalized spacial score (nSPS) is 38.2. The van der Waals surface area contributed by atoms with E-state index in [0.717, 1.165) is 13.0 Å². The Hall–Kier alpha value is 0.440. The second kappa shape index (κ2) is 2.36. The van der Waals surface area contributed by atoms with Crippen LogP contribution in [0.4, 0.5) is 0 Å². The topological polar surface area (TPSA) is 9.23 Å². The van der Waals surface area contributed by atoms with Gasteiger partial charge in [0.2, 0.25) is 0 Å². The molecule has 0 radical (unpaired) electrons. The van der Waals surface area contributed by atoms with Crippen molar-refractivity contribution in [2.75, 3.05) is 6.61 Å². The molecule has 2 heteroatoms. The molecule has 0 spiro atoms. The lowest BCUT2D eigenvalue weighted by molar-refractivity contribution is 0.0851. The van der Waals surface area contributed by atoms with E-state index in [4.69, 9.17) is 4.74 Å². The summed E-state index contributed by atoms with van der Waals surface area (Å²) >= 11 is 3.52. The molecule has 0 N–H and O–H groups in total. The maximum atomic E-state index is 5.41. The van der Waals surface area contributed by atoms with Crippen molar-refractivity contribution in [1.29, 1.82) is 0 Å². The van der Waals surface area contributed by atoms with E-state index in [1.165, 1.54) is 12.8 Å². The first-order chi connectivity index (χ1) is 3.77. The quantitative estimate of drug-likeness (QED) is 0.561. The molecule has 1 rings (SSSR count). The summed E-state index contributed by atoms with van der Waals surface area (Å²) < 4.78 is 5.45. The van der Waals surface area contributed by atoms with Crippen molar-refractivity contribution in [1.82, 2.24) is 0 Å². The van der Waals surface area contributed by atoms with Gasteiger partial charge in [0.05, 0.1) is 0 Å². The molecule has 0 amide bonds. The third-order valence-corrected chi connectivity index (χ3v) is 2.77. The second-order valence-electron chi connectivity index (χ2n) is 2.19. The molecule has 1 heterocycles. The highest BCUT2D eigenvalue weighted by Crippen LogP contribution is 2.34. The predicted molar refractivity (Wildman–Crippen MR) is 37.1 cm³/mol. The number of hydrogen-bond donors (Lipinski definition) is 0. The van der Waals surface area contributed by atoms with Gasteiger partial charge in [0.25, 0.3) is 0 Å². The second-order valence-corrected chi connectivity index (χ2v) is 3.63. The third-order valence-electron chi connectivity index (χ3n) is 1.58. The zero-order chi connectivity index (χ0) is 6.04. The molecule has 0 aliphatic carbocycles. The lowest BCUT2D eigenvalue weighted by Crippen LogP contribution is -2.15. The molecular weight excluding hydrogens is 168 g/mol. The Bertz CT molecular complexity index is 76.6. The Morgan fingerprint density at radius 2 is 2.50 bits per heavy atom. The average Bonchev–Trinajstić information content (AvgIpc) is 2.17. The fraction of sp³-hybridized carbons (Fsp3) is 1.00. The van der Waals surface area contributed by atoms with E-state index in [-0.39, 0.29) is 4.51 Å². The lowest BCUT2D eigenvalue weighted by Gasteiger charge is -2.17. The van der Waals surface area contributed by atoms with Gasteiger partial charge in [-0.3, -0.25) is 0 Å². The van der Waals surface area contributed by atoms with Crippen LogP contribution in [0.25, 0.3) is 0 Å². The SMILES string of the molecule is CCC1(Br)CCCO1. The predicted octanol–water partition coefficient (Wildman–Crippen LogP) is 2.30. The molecule has 8 heavy (non-hydrogen) atoms. The Balaban J connectivity index is 2.40. The molecule has 1 nitrogen and oxygen atoms in total. The molecule has 1 unspecified atom stereocenters. The van der Waals surface area contributed by atoms with E-state index >= 15 is 0 Å². The van der Waals surface area contributed by atoms with Gasteiger partial charge in [0.1, 0.15) is 4.51 Å². The van der Waals surface area contributed by atoms with Crippen LogP contribution in [-0.2, 0) is 4.74 Å². The van der Waals surface area contributed by atoms with Crippen LogP contribution in [0, 0.1) is 0 Å². The van der Waals surface area contributed by atoms with E-state index in [9.17, 15) is 0 Å². The zero-order valence-corrected chi connectivity index (χ0v) is 6.70. The maximum absolute atomic E-state index is 5.41. The van der Waals surface area contributed by atoms with Crippen molar-refractivity contribution in [3.05, 3.63) is 0 Å². The van der Waals surface area contributed by atoms with Crippen LogP contribution < -0.4 is 0 Å². The van der Waals surface area contributed by atoms with Crippen LogP contribution in [0.3, 0.4) is 0 Å². The summed E-state index contributed by atoms with van der Waals surface area (Å²) in [5.74, 6) is 0. The largest absolute Gasteiger partial charge is 0.364 e. The number of alkyl halides is 1. The van der Waals surface area contributed by atoms with Gasteiger partial charge >= 0.3 is 0 Å². The number of ether oxygens (including phenoxy) is 1. The monoisotopic (exact) mass is 178 g/mol.